The molecule has 0 fully saturated rings. The van der Waals surface area contributed by atoms with E-state index in [1.165, 1.54) is 5.56 Å². The van der Waals surface area contributed by atoms with Crippen LogP contribution >= 0.6 is 0 Å². The summed E-state index contributed by atoms with van der Waals surface area (Å²) in [5, 5.41) is 13.0. The Morgan fingerprint density at radius 2 is 1.87 bits per heavy atom. The number of nitrogens with one attached hydrogen (secondary N) is 1. The Hall–Kier alpha value is -3.74. The van der Waals surface area contributed by atoms with E-state index in [0.717, 1.165) is 30.6 Å². The van der Waals surface area contributed by atoms with Crippen LogP contribution in [0.5, 0.6) is 11.5 Å². The van der Waals surface area contributed by atoms with Gasteiger partial charge in [0, 0.05) is 23.5 Å². The fourth-order valence-electron chi connectivity index (χ4n) is 3.37. The maximum atomic E-state index is 11.7. The zero-order valence-electron chi connectivity index (χ0n) is 16.4. The lowest BCUT2D eigenvalue weighted by atomic mass is 10.00. The fraction of sp³-hybridized carbons (Fsp3) is 0.217. The minimum atomic E-state index is -1.14. The second-order valence-electron chi connectivity index (χ2n) is 7.02. The topological polar surface area (TPSA) is 107 Å². The molecule has 2 aromatic carbocycles. The first-order chi connectivity index (χ1) is 14.6. The van der Waals surface area contributed by atoms with Gasteiger partial charge in [0.25, 0.3) is 0 Å². The number of fused-ring (bicyclic) bond motifs is 1. The van der Waals surface area contributed by atoms with Gasteiger partial charge in [-0.2, -0.15) is 0 Å². The third-order valence-electron chi connectivity index (χ3n) is 4.89. The highest BCUT2D eigenvalue weighted by molar-refractivity contribution is 5.89. The molecule has 154 valence electrons. The number of hydrogen-bond acceptors (Lipinski definition) is 6. The van der Waals surface area contributed by atoms with Crippen molar-refractivity contribution in [3.05, 3.63) is 65.9 Å². The van der Waals surface area contributed by atoms with Gasteiger partial charge in [-0.25, -0.2) is 9.78 Å². The lowest BCUT2D eigenvalue weighted by Gasteiger charge is -2.18. The van der Waals surface area contributed by atoms with E-state index in [0.29, 0.717) is 17.1 Å². The quantitative estimate of drug-likeness (QED) is 0.405. The Morgan fingerprint density at radius 3 is 2.67 bits per heavy atom. The fourth-order valence-corrected chi connectivity index (χ4v) is 3.37. The molecule has 0 radical (unpaired) electrons. The Kier molecular flexibility index (Phi) is 5.70. The third-order valence-corrected chi connectivity index (χ3v) is 4.89. The number of aromatic nitrogens is 1. The Bertz CT molecular complexity index is 1050. The van der Waals surface area contributed by atoms with Crippen LogP contribution in [0.1, 0.15) is 22.5 Å². The first kappa shape index (κ1) is 19.6. The van der Waals surface area contributed by atoms with E-state index in [2.05, 4.69) is 16.4 Å². The number of aromatic carboxylic acids is 1. The van der Waals surface area contributed by atoms with E-state index in [9.17, 15) is 9.90 Å². The molecule has 7 heteroatoms. The maximum Gasteiger partial charge on any atom is 0.358 e. The number of nitrogen functional groups attached to an aromatic ring is 1. The smallest absolute Gasteiger partial charge is 0.358 e. The molecule has 0 bridgehead atoms. The molecule has 0 saturated carbocycles. The molecule has 4 rings (SSSR count). The molecule has 0 unspecified atom stereocenters. The van der Waals surface area contributed by atoms with Gasteiger partial charge in [0.1, 0.15) is 19.0 Å². The molecule has 0 amide bonds. The van der Waals surface area contributed by atoms with Crippen molar-refractivity contribution in [1.82, 2.24) is 4.98 Å². The number of benzene rings is 2. The standard InChI is InChI=1S/C23H23N3O4/c24-17-5-7-18(8-6-17)29-12-13-30-21-10-9-19(26-22(21)23(27)28)16-4-3-15-2-1-11-25-20(15)14-16/h3-10,14,25H,1-2,11-13,24H2,(H,27,28). The number of nitrogens with two attached hydrogens (primary N) is 1. The molecular formula is C23H23N3O4. The average molecular weight is 405 g/mol. The number of carboxylic acids is 1. The van der Waals surface area contributed by atoms with Crippen molar-refractivity contribution in [3.8, 4) is 22.8 Å². The molecule has 2 heterocycles. The van der Waals surface area contributed by atoms with Crippen molar-refractivity contribution in [3.63, 3.8) is 0 Å². The van der Waals surface area contributed by atoms with Crippen LogP contribution in [-0.2, 0) is 6.42 Å². The molecule has 1 aliphatic rings. The largest absolute Gasteiger partial charge is 0.490 e. The van der Waals surface area contributed by atoms with E-state index >= 15 is 0 Å². The number of aryl methyl sites for hydroxylation is 1. The number of carbonyl (C=O) groups is 1. The van der Waals surface area contributed by atoms with Gasteiger partial charge in [0.05, 0.1) is 5.69 Å². The molecule has 0 spiro atoms. The average Bonchev–Trinajstić information content (AvgIpc) is 2.77. The summed E-state index contributed by atoms with van der Waals surface area (Å²) in [6.07, 6.45) is 2.16. The number of hydrogen-bond donors (Lipinski definition) is 3. The van der Waals surface area contributed by atoms with Gasteiger partial charge in [-0.3, -0.25) is 0 Å². The van der Waals surface area contributed by atoms with Crippen molar-refractivity contribution >= 4 is 17.3 Å². The SMILES string of the molecule is Nc1ccc(OCCOc2ccc(-c3ccc4c(c3)NCCC4)nc2C(=O)O)cc1. The van der Waals surface area contributed by atoms with Crippen LogP contribution in [0.25, 0.3) is 11.3 Å². The van der Waals surface area contributed by atoms with Crippen LogP contribution in [0.4, 0.5) is 11.4 Å². The summed E-state index contributed by atoms with van der Waals surface area (Å²) in [4.78, 5) is 16.1. The van der Waals surface area contributed by atoms with E-state index in [-0.39, 0.29) is 24.7 Å². The predicted molar refractivity (Wildman–Crippen MR) is 115 cm³/mol. The van der Waals surface area contributed by atoms with E-state index < -0.39 is 5.97 Å². The Labute approximate surface area is 174 Å². The Balaban J connectivity index is 1.45. The first-order valence-corrected chi connectivity index (χ1v) is 9.83. The van der Waals surface area contributed by atoms with E-state index in [1.54, 1.807) is 36.4 Å². The highest BCUT2D eigenvalue weighted by Gasteiger charge is 2.16. The molecule has 1 aromatic heterocycles. The summed E-state index contributed by atoms with van der Waals surface area (Å²) in [6.45, 7) is 1.39. The second kappa shape index (κ2) is 8.73. The normalized spacial score (nSPS) is 12.5. The van der Waals surface area contributed by atoms with Gasteiger partial charge < -0.3 is 25.6 Å². The molecular weight excluding hydrogens is 382 g/mol. The van der Waals surface area contributed by atoms with Crippen molar-refractivity contribution in [1.29, 1.82) is 0 Å². The number of anilines is 2. The van der Waals surface area contributed by atoms with Crippen molar-refractivity contribution in [2.24, 2.45) is 0 Å². The van der Waals surface area contributed by atoms with Gasteiger partial charge in [-0.1, -0.05) is 12.1 Å². The minimum absolute atomic E-state index is 0.120. The second-order valence-corrected chi connectivity index (χ2v) is 7.02. The number of ether oxygens (including phenoxy) is 2. The van der Waals surface area contributed by atoms with Crippen molar-refractivity contribution < 1.29 is 19.4 Å². The van der Waals surface area contributed by atoms with Crippen LogP contribution in [0.3, 0.4) is 0 Å². The number of pyridine rings is 1. The summed E-state index contributed by atoms with van der Waals surface area (Å²) in [5.41, 5.74) is 9.99. The minimum Gasteiger partial charge on any atom is -0.490 e. The zero-order valence-corrected chi connectivity index (χ0v) is 16.4. The Morgan fingerprint density at radius 1 is 1.07 bits per heavy atom. The van der Waals surface area contributed by atoms with Crippen LogP contribution in [0.15, 0.2) is 54.6 Å². The maximum absolute atomic E-state index is 11.7. The van der Waals surface area contributed by atoms with Crippen LogP contribution < -0.4 is 20.5 Å². The molecule has 0 aliphatic carbocycles. The summed E-state index contributed by atoms with van der Waals surface area (Å²) in [5.74, 6) is -0.258. The molecule has 0 saturated heterocycles. The molecule has 7 nitrogen and oxygen atoms in total. The van der Waals surface area contributed by atoms with Gasteiger partial charge in [0.2, 0.25) is 0 Å². The lowest BCUT2D eigenvalue weighted by molar-refractivity contribution is 0.0684. The van der Waals surface area contributed by atoms with Gasteiger partial charge in [-0.05, 0) is 60.9 Å². The van der Waals surface area contributed by atoms with Crippen LogP contribution in [-0.4, -0.2) is 35.8 Å². The molecule has 3 aromatic rings. The zero-order chi connectivity index (χ0) is 20.9. The lowest BCUT2D eigenvalue weighted by Crippen LogP contribution is -2.13. The summed E-state index contributed by atoms with van der Waals surface area (Å²) >= 11 is 0. The first-order valence-electron chi connectivity index (χ1n) is 9.83. The molecule has 1 aliphatic heterocycles. The van der Waals surface area contributed by atoms with Crippen molar-refractivity contribution in [2.75, 3.05) is 30.8 Å². The molecule has 0 atom stereocenters. The monoisotopic (exact) mass is 405 g/mol. The van der Waals surface area contributed by atoms with Gasteiger partial charge in [0.15, 0.2) is 11.4 Å². The highest BCUT2D eigenvalue weighted by atomic mass is 16.5. The predicted octanol–water partition coefficient (Wildman–Crippen LogP) is 3.84. The number of nitrogens with zero attached hydrogens (tertiary/aromatic N) is 1. The van der Waals surface area contributed by atoms with Gasteiger partial charge in [-0.15, -0.1) is 0 Å². The summed E-state index contributed by atoms with van der Waals surface area (Å²) < 4.78 is 11.2. The summed E-state index contributed by atoms with van der Waals surface area (Å²) in [6, 6.07) is 16.5. The molecule has 4 N–H and O–H groups in total. The third kappa shape index (κ3) is 4.46. The van der Waals surface area contributed by atoms with Gasteiger partial charge >= 0.3 is 5.97 Å². The highest BCUT2D eigenvalue weighted by Crippen LogP contribution is 2.29. The summed E-state index contributed by atoms with van der Waals surface area (Å²) in [7, 11) is 0. The molecule has 30 heavy (non-hydrogen) atoms. The van der Waals surface area contributed by atoms with E-state index in [4.69, 9.17) is 15.2 Å². The number of rotatable bonds is 7. The van der Waals surface area contributed by atoms with Crippen molar-refractivity contribution in [2.45, 2.75) is 12.8 Å². The van der Waals surface area contributed by atoms with Crippen LogP contribution in [0, 0.1) is 0 Å². The van der Waals surface area contributed by atoms with E-state index in [1.807, 2.05) is 12.1 Å². The number of carboxylic acid groups (broad SMARTS) is 1. The van der Waals surface area contributed by atoms with Crippen LogP contribution in [0.2, 0.25) is 0 Å².